The van der Waals surface area contributed by atoms with Gasteiger partial charge in [0.1, 0.15) is 0 Å². The van der Waals surface area contributed by atoms with Crippen molar-refractivity contribution < 1.29 is 0 Å². The average molecular weight is 265 g/mol. The first-order valence-corrected chi connectivity index (χ1v) is 8.11. The summed E-state index contributed by atoms with van der Waals surface area (Å²) >= 11 is 0. The lowest BCUT2D eigenvalue weighted by molar-refractivity contribution is 0.487. The second kappa shape index (κ2) is 9.99. The first-order valence-electron chi connectivity index (χ1n) is 8.11. The van der Waals surface area contributed by atoms with Gasteiger partial charge in [0.2, 0.25) is 0 Å². The largest absolute Gasteiger partial charge is 0.252 e. The van der Waals surface area contributed by atoms with Crippen LogP contribution < -0.4 is 0 Å². The van der Waals surface area contributed by atoms with E-state index in [4.69, 9.17) is 0 Å². The van der Waals surface area contributed by atoms with Gasteiger partial charge in [0, 0.05) is 12.7 Å². The summed E-state index contributed by atoms with van der Waals surface area (Å²) in [5, 5.41) is 8.47. The van der Waals surface area contributed by atoms with Crippen LogP contribution in [-0.4, -0.2) is 15.0 Å². The summed E-state index contributed by atoms with van der Waals surface area (Å²) < 4.78 is 2.02. The molecule has 0 amide bonds. The van der Waals surface area contributed by atoms with Gasteiger partial charge in [-0.1, -0.05) is 64.5 Å². The predicted octanol–water partition coefficient (Wildman–Crippen LogP) is 4.62. The molecule has 19 heavy (non-hydrogen) atoms. The molecule has 0 bridgehead atoms. The van der Waals surface area contributed by atoms with Gasteiger partial charge in [-0.3, -0.25) is 4.68 Å². The molecule has 0 radical (unpaired) electrons. The fraction of sp³-hybridized carbons (Fsp3) is 0.875. The van der Waals surface area contributed by atoms with Gasteiger partial charge in [-0.15, -0.1) is 5.10 Å². The van der Waals surface area contributed by atoms with Crippen LogP contribution in [0, 0.1) is 5.92 Å². The Labute approximate surface area is 118 Å². The molecule has 0 aliphatic carbocycles. The molecule has 1 aromatic rings. The lowest BCUT2D eigenvalue weighted by Crippen LogP contribution is -1.99. The zero-order chi connectivity index (χ0) is 13.9. The highest BCUT2D eigenvalue weighted by Gasteiger charge is 2.01. The van der Waals surface area contributed by atoms with Crippen molar-refractivity contribution in [2.24, 2.45) is 5.92 Å². The number of aryl methyl sites for hydroxylation is 2. The molecule has 0 saturated carbocycles. The molecule has 0 unspecified atom stereocenters. The number of unbranched alkanes of at least 4 members (excludes halogenated alkanes) is 5. The summed E-state index contributed by atoms with van der Waals surface area (Å²) in [6.07, 6.45) is 13.7. The SMILES string of the molecule is CCCCCCc1cn(CCCCCC(C)C)nn1. The normalized spacial score (nSPS) is 11.4. The van der Waals surface area contributed by atoms with Gasteiger partial charge >= 0.3 is 0 Å². The van der Waals surface area contributed by atoms with Crippen LogP contribution in [0.3, 0.4) is 0 Å². The molecular formula is C16H31N3. The Hall–Kier alpha value is -0.860. The molecule has 1 heterocycles. The third-order valence-electron chi connectivity index (χ3n) is 3.54. The number of aromatic nitrogens is 3. The van der Waals surface area contributed by atoms with Gasteiger partial charge in [0.05, 0.1) is 5.69 Å². The Balaban J connectivity index is 2.09. The van der Waals surface area contributed by atoms with Gasteiger partial charge in [-0.25, -0.2) is 0 Å². The van der Waals surface area contributed by atoms with E-state index in [1.807, 2.05) is 4.68 Å². The second-order valence-corrected chi connectivity index (χ2v) is 6.03. The van der Waals surface area contributed by atoms with Gasteiger partial charge < -0.3 is 0 Å². The van der Waals surface area contributed by atoms with E-state index in [1.165, 1.54) is 57.1 Å². The van der Waals surface area contributed by atoms with Gasteiger partial charge in [-0.2, -0.15) is 0 Å². The standard InChI is InChI=1S/C16H31N3/c1-4-5-6-9-12-16-14-19(18-17-16)13-10-7-8-11-15(2)3/h14-15H,4-13H2,1-3H3. The molecule has 0 fully saturated rings. The summed E-state index contributed by atoms with van der Waals surface area (Å²) in [6.45, 7) is 7.86. The van der Waals surface area contributed by atoms with Crippen molar-refractivity contribution in [2.75, 3.05) is 0 Å². The van der Waals surface area contributed by atoms with E-state index < -0.39 is 0 Å². The minimum Gasteiger partial charge on any atom is -0.252 e. The Morgan fingerprint density at radius 1 is 1.05 bits per heavy atom. The summed E-state index contributed by atoms with van der Waals surface area (Å²) in [6, 6.07) is 0. The Kier molecular flexibility index (Phi) is 8.52. The molecule has 0 spiro atoms. The lowest BCUT2D eigenvalue weighted by atomic mass is 10.1. The summed E-state index contributed by atoms with van der Waals surface area (Å²) in [5.74, 6) is 0.834. The highest BCUT2D eigenvalue weighted by Crippen LogP contribution is 2.09. The van der Waals surface area contributed by atoms with E-state index in [1.54, 1.807) is 0 Å². The molecular weight excluding hydrogens is 234 g/mol. The molecule has 0 aromatic carbocycles. The second-order valence-electron chi connectivity index (χ2n) is 6.03. The minimum atomic E-state index is 0.834. The molecule has 3 heteroatoms. The van der Waals surface area contributed by atoms with E-state index >= 15 is 0 Å². The van der Waals surface area contributed by atoms with Crippen LogP contribution in [0.4, 0.5) is 0 Å². The smallest absolute Gasteiger partial charge is 0.0827 e. The first kappa shape index (κ1) is 16.2. The van der Waals surface area contributed by atoms with Crippen LogP contribution >= 0.6 is 0 Å². The highest BCUT2D eigenvalue weighted by atomic mass is 15.4. The summed E-state index contributed by atoms with van der Waals surface area (Å²) in [5.41, 5.74) is 1.17. The monoisotopic (exact) mass is 265 g/mol. The molecule has 3 nitrogen and oxygen atoms in total. The van der Waals surface area contributed by atoms with Crippen LogP contribution in [0.15, 0.2) is 6.20 Å². The molecule has 1 rings (SSSR count). The van der Waals surface area contributed by atoms with E-state index in [-0.39, 0.29) is 0 Å². The van der Waals surface area contributed by atoms with Crippen molar-refractivity contribution in [2.45, 2.75) is 85.1 Å². The van der Waals surface area contributed by atoms with Crippen LogP contribution in [0.5, 0.6) is 0 Å². The van der Waals surface area contributed by atoms with Crippen molar-refractivity contribution in [3.8, 4) is 0 Å². The molecule has 0 N–H and O–H groups in total. The molecule has 0 atom stereocenters. The van der Waals surface area contributed by atoms with E-state index in [2.05, 4.69) is 37.3 Å². The Bertz CT molecular complexity index is 318. The first-order chi connectivity index (χ1) is 9.22. The number of nitrogens with zero attached hydrogens (tertiary/aromatic N) is 3. The molecule has 1 aromatic heterocycles. The van der Waals surface area contributed by atoms with Crippen molar-refractivity contribution in [1.29, 1.82) is 0 Å². The van der Waals surface area contributed by atoms with Crippen molar-refractivity contribution in [3.05, 3.63) is 11.9 Å². The van der Waals surface area contributed by atoms with Gasteiger partial charge in [0.15, 0.2) is 0 Å². The fourth-order valence-electron chi connectivity index (χ4n) is 2.30. The van der Waals surface area contributed by atoms with Crippen molar-refractivity contribution in [1.82, 2.24) is 15.0 Å². The molecule has 0 saturated heterocycles. The Morgan fingerprint density at radius 2 is 1.84 bits per heavy atom. The number of rotatable bonds is 11. The van der Waals surface area contributed by atoms with Crippen molar-refractivity contribution >= 4 is 0 Å². The van der Waals surface area contributed by atoms with Gasteiger partial charge in [-0.05, 0) is 25.2 Å². The quantitative estimate of drug-likeness (QED) is 0.547. The number of hydrogen-bond donors (Lipinski definition) is 0. The van der Waals surface area contributed by atoms with Crippen LogP contribution in [-0.2, 0) is 13.0 Å². The maximum atomic E-state index is 4.25. The molecule has 0 aliphatic heterocycles. The fourth-order valence-corrected chi connectivity index (χ4v) is 2.30. The topological polar surface area (TPSA) is 30.7 Å². The maximum Gasteiger partial charge on any atom is 0.0827 e. The van der Waals surface area contributed by atoms with Crippen LogP contribution in [0.2, 0.25) is 0 Å². The Morgan fingerprint density at radius 3 is 2.58 bits per heavy atom. The lowest BCUT2D eigenvalue weighted by Gasteiger charge is -2.03. The zero-order valence-electron chi connectivity index (χ0n) is 13.1. The predicted molar refractivity (Wildman–Crippen MR) is 81.2 cm³/mol. The number of hydrogen-bond acceptors (Lipinski definition) is 2. The van der Waals surface area contributed by atoms with E-state index in [0.717, 1.165) is 18.9 Å². The minimum absolute atomic E-state index is 0.834. The third kappa shape index (κ3) is 8.02. The van der Waals surface area contributed by atoms with E-state index in [0.29, 0.717) is 0 Å². The van der Waals surface area contributed by atoms with Crippen molar-refractivity contribution in [3.63, 3.8) is 0 Å². The summed E-state index contributed by atoms with van der Waals surface area (Å²) in [7, 11) is 0. The zero-order valence-corrected chi connectivity index (χ0v) is 13.1. The van der Waals surface area contributed by atoms with Gasteiger partial charge in [0.25, 0.3) is 0 Å². The van der Waals surface area contributed by atoms with Crippen LogP contribution in [0.25, 0.3) is 0 Å². The molecule has 110 valence electrons. The average Bonchev–Trinajstić information content (AvgIpc) is 2.82. The van der Waals surface area contributed by atoms with E-state index in [9.17, 15) is 0 Å². The maximum absolute atomic E-state index is 4.25. The summed E-state index contributed by atoms with van der Waals surface area (Å²) in [4.78, 5) is 0. The third-order valence-corrected chi connectivity index (χ3v) is 3.54. The molecule has 0 aliphatic rings. The highest BCUT2D eigenvalue weighted by molar-refractivity contribution is 4.92. The van der Waals surface area contributed by atoms with Crippen LogP contribution in [0.1, 0.15) is 77.8 Å².